The summed E-state index contributed by atoms with van der Waals surface area (Å²) in [4.78, 5) is 27.3. The van der Waals surface area contributed by atoms with Crippen molar-refractivity contribution in [2.24, 2.45) is 0 Å². The maximum atomic E-state index is 13.4. The van der Waals surface area contributed by atoms with Crippen molar-refractivity contribution >= 4 is 68.8 Å². The molecule has 0 aliphatic carbocycles. The molecule has 4 heterocycles. The topological polar surface area (TPSA) is 92.9 Å². The highest BCUT2D eigenvalue weighted by atomic mass is 32.1. The van der Waals surface area contributed by atoms with Crippen LogP contribution >= 0.6 is 22.7 Å². The SMILES string of the molecule is C[Si](C)(C)c1ccc2c(c1)cc(C(=O)Nc1cnc3sc(CO)nc3c1)n2Cc1nccs1. The van der Waals surface area contributed by atoms with Gasteiger partial charge in [0.2, 0.25) is 0 Å². The smallest absolute Gasteiger partial charge is 0.272 e. The van der Waals surface area contributed by atoms with Gasteiger partial charge in [-0.05, 0) is 18.2 Å². The Bertz CT molecular complexity index is 1470. The van der Waals surface area contributed by atoms with Gasteiger partial charge in [0, 0.05) is 22.5 Å². The van der Waals surface area contributed by atoms with Crippen LogP contribution in [-0.2, 0) is 13.2 Å². The number of nitrogens with one attached hydrogen (secondary N) is 1. The number of fused-ring (bicyclic) bond motifs is 2. The lowest BCUT2D eigenvalue weighted by molar-refractivity contribution is 0.101. The first kappa shape index (κ1) is 21.9. The standard InChI is InChI=1S/C23H23N5O2S2Si/c1-33(2,3)16-4-5-18-14(8-16)9-19(28(18)12-20-24-6-7-31-20)22(30)26-15-10-17-23(25-11-15)32-21(13-29)27-17/h4-11,29H,12-13H2,1-3H3,(H,26,30). The lowest BCUT2D eigenvalue weighted by atomic mass is 10.2. The van der Waals surface area contributed by atoms with E-state index in [4.69, 9.17) is 0 Å². The highest BCUT2D eigenvalue weighted by molar-refractivity contribution is 7.18. The van der Waals surface area contributed by atoms with Gasteiger partial charge in [-0.3, -0.25) is 4.79 Å². The summed E-state index contributed by atoms with van der Waals surface area (Å²) in [6.07, 6.45) is 3.40. The van der Waals surface area contributed by atoms with E-state index in [1.807, 2.05) is 16.0 Å². The van der Waals surface area contributed by atoms with Crippen molar-refractivity contribution < 1.29 is 9.90 Å². The number of amides is 1. The van der Waals surface area contributed by atoms with E-state index in [0.717, 1.165) is 20.7 Å². The van der Waals surface area contributed by atoms with Crippen molar-refractivity contribution in [3.63, 3.8) is 0 Å². The third kappa shape index (κ3) is 4.34. The molecule has 1 amide bonds. The van der Waals surface area contributed by atoms with Crippen LogP contribution in [0.3, 0.4) is 0 Å². The average Bonchev–Trinajstić information content (AvgIpc) is 3.51. The number of rotatable bonds is 6. The molecule has 0 atom stereocenters. The van der Waals surface area contributed by atoms with Gasteiger partial charge in [0.1, 0.15) is 26.1 Å². The molecule has 0 saturated carbocycles. The van der Waals surface area contributed by atoms with Crippen molar-refractivity contribution in [3.8, 4) is 0 Å². The number of carbonyl (C=O) groups is 1. The number of anilines is 1. The fourth-order valence-corrected chi connectivity index (χ4v) is 6.28. The minimum absolute atomic E-state index is 0.126. The molecule has 2 N–H and O–H groups in total. The van der Waals surface area contributed by atoms with Gasteiger partial charge < -0.3 is 15.0 Å². The van der Waals surface area contributed by atoms with Crippen LogP contribution in [0, 0.1) is 0 Å². The minimum Gasteiger partial charge on any atom is -0.389 e. The highest BCUT2D eigenvalue weighted by Crippen LogP contribution is 2.25. The first-order chi connectivity index (χ1) is 15.8. The van der Waals surface area contributed by atoms with Gasteiger partial charge >= 0.3 is 0 Å². The van der Waals surface area contributed by atoms with E-state index in [-0.39, 0.29) is 12.5 Å². The van der Waals surface area contributed by atoms with Crippen LogP contribution in [0.1, 0.15) is 20.5 Å². The van der Waals surface area contributed by atoms with Crippen molar-refractivity contribution in [2.75, 3.05) is 5.32 Å². The van der Waals surface area contributed by atoms with E-state index in [2.05, 4.69) is 58.1 Å². The summed E-state index contributed by atoms with van der Waals surface area (Å²) in [7, 11) is -1.49. The number of nitrogens with zero attached hydrogens (tertiary/aromatic N) is 4. The Balaban J connectivity index is 1.54. The average molecular weight is 494 g/mol. The van der Waals surface area contributed by atoms with Gasteiger partial charge in [0.15, 0.2) is 0 Å². The Morgan fingerprint density at radius 1 is 1.15 bits per heavy atom. The van der Waals surface area contributed by atoms with Crippen LogP contribution in [0.2, 0.25) is 19.6 Å². The second kappa shape index (κ2) is 8.45. The molecule has 7 nitrogen and oxygen atoms in total. The van der Waals surface area contributed by atoms with Gasteiger partial charge in [-0.2, -0.15) is 0 Å². The van der Waals surface area contributed by atoms with E-state index in [0.29, 0.717) is 28.5 Å². The summed E-state index contributed by atoms with van der Waals surface area (Å²) in [5, 5.41) is 18.2. The molecule has 5 aromatic rings. The first-order valence-electron chi connectivity index (χ1n) is 10.5. The summed E-state index contributed by atoms with van der Waals surface area (Å²) in [5.74, 6) is -0.212. The molecule has 0 aliphatic heterocycles. The van der Waals surface area contributed by atoms with Crippen LogP contribution in [0.25, 0.3) is 21.3 Å². The lowest BCUT2D eigenvalue weighted by Crippen LogP contribution is -2.37. The summed E-state index contributed by atoms with van der Waals surface area (Å²) in [5.41, 5.74) is 2.81. The molecule has 10 heteroatoms. The second-order valence-electron chi connectivity index (χ2n) is 8.83. The number of thiazole rings is 2. The van der Waals surface area contributed by atoms with Crippen LogP contribution in [0.15, 0.2) is 48.1 Å². The van der Waals surface area contributed by atoms with Crippen molar-refractivity contribution in [2.45, 2.75) is 32.8 Å². The van der Waals surface area contributed by atoms with E-state index >= 15 is 0 Å². The summed E-state index contributed by atoms with van der Waals surface area (Å²) in [6.45, 7) is 7.35. The van der Waals surface area contributed by atoms with Crippen LogP contribution in [0.5, 0.6) is 0 Å². The van der Waals surface area contributed by atoms with E-state index in [1.165, 1.54) is 16.5 Å². The predicted molar refractivity (Wildman–Crippen MR) is 137 cm³/mol. The molecule has 1 aromatic carbocycles. The number of hydrogen-bond acceptors (Lipinski definition) is 7. The van der Waals surface area contributed by atoms with Crippen molar-refractivity contribution in [1.29, 1.82) is 0 Å². The number of benzene rings is 1. The number of aromatic nitrogens is 4. The Morgan fingerprint density at radius 2 is 2.00 bits per heavy atom. The fourth-order valence-electron chi connectivity index (χ4n) is 3.76. The summed E-state index contributed by atoms with van der Waals surface area (Å²) < 4.78 is 2.02. The van der Waals surface area contributed by atoms with Gasteiger partial charge in [0.05, 0.1) is 33.1 Å². The van der Waals surface area contributed by atoms with Gasteiger partial charge in [-0.25, -0.2) is 15.0 Å². The minimum atomic E-state index is -1.49. The fraction of sp³-hybridized carbons (Fsp3) is 0.217. The molecule has 0 saturated heterocycles. The summed E-state index contributed by atoms with van der Waals surface area (Å²) in [6, 6.07) is 10.3. The van der Waals surface area contributed by atoms with Gasteiger partial charge in [-0.15, -0.1) is 11.3 Å². The van der Waals surface area contributed by atoms with Crippen molar-refractivity contribution in [3.05, 3.63) is 63.8 Å². The molecule has 0 fully saturated rings. The number of pyridine rings is 1. The molecular formula is C23H23N5O2S2Si. The number of aliphatic hydroxyl groups is 1. The van der Waals surface area contributed by atoms with Crippen LogP contribution in [-0.4, -0.2) is 38.6 Å². The van der Waals surface area contributed by atoms with Crippen LogP contribution < -0.4 is 10.5 Å². The van der Waals surface area contributed by atoms with E-state index in [1.54, 1.807) is 29.8 Å². The van der Waals surface area contributed by atoms with E-state index in [9.17, 15) is 9.90 Å². The Hall–Kier alpha value is -2.92. The molecule has 5 rings (SSSR count). The number of aliphatic hydroxyl groups excluding tert-OH is 1. The molecule has 0 aliphatic rings. The molecule has 0 bridgehead atoms. The Kier molecular flexibility index (Phi) is 5.61. The van der Waals surface area contributed by atoms with Crippen molar-refractivity contribution in [1.82, 2.24) is 19.5 Å². The first-order valence-corrected chi connectivity index (χ1v) is 15.7. The molecule has 0 spiro atoms. The zero-order valence-corrected chi connectivity index (χ0v) is 21.1. The second-order valence-corrected chi connectivity index (χ2v) is 16.0. The molecule has 4 aromatic heterocycles. The normalized spacial score (nSPS) is 12.0. The quantitative estimate of drug-likeness (QED) is 0.341. The zero-order valence-electron chi connectivity index (χ0n) is 18.5. The third-order valence-electron chi connectivity index (χ3n) is 5.46. The maximum absolute atomic E-state index is 13.4. The molecule has 33 heavy (non-hydrogen) atoms. The Morgan fingerprint density at radius 3 is 2.73 bits per heavy atom. The number of carbonyl (C=O) groups excluding carboxylic acids is 1. The van der Waals surface area contributed by atoms with Gasteiger partial charge in [0.25, 0.3) is 5.91 Å². The highest BCUT2D eigenvalue weighted by Gasteiger charge is 2.21. The van der Waals surface area contributed by atoms with Gasteiger partial charge in [-0.1, -0.05) is 48.3 Å². The summed E-state index contributed by atoms with van der Waals surface area (Å²) >= 11 is 2.91. The van der Waals surface area contributed by atoms with E-state index < -0.39 is 8.07 Å². The maximum Gasteiger partial charge on any atom is 0.272 e. The zero-order chi connectivity index (χ0) is 23.2. The Labute approximate surface area is 199 Å². The molecular weight excluding hydrogens is 471 g/mol. The monoisotopic (exact) mass is 493 g/mol. The number of hydrogen-bond donors (Lipinski definition) is 2. The molecule has 0 radical (unpaired) electrons. The van der Waals surface area contributed by atoms with Crippen LogP contribution in [0.4, 0.5) is 5.69 Å². The predicted octanol–water partition coefficient (Wildman–Crippen LogP) is 4.44. The molecule has 0 unspecified atom stereocenters. The third-order valence-corrected chi connectivity index (χ3v) is 9.23. The molecule has 168 valence electrons. The lowest BCUT2D eigenvalue weighted by Gasteiger charge is -2.16. The largest absolute Gasteiger partial charge is 0.389 e.